The molecule has 8 heteroatoms. The number of carbonyl (C=O) groups is 3. The summed E-state index contributed by atoms with van der Waals surface area (Å²) in [6.45, 7) is 12.1. The van der Waals surface area contributed by atoms with Crippen molar-refractivity contribution in [3.05, 3.63) is 87.0 Å². The van der Waals surface area contributed by atoms with Crippen molar-refractivity contribution < 1.29 is 23.9 Å². The molecule has 0 radical (unpaired) electrons. The molecular formula is C32H36N2O5S. The van der Waals surface area contributed by atoms with E-state index in [1.165, 1.54) is 10.1 Å². The maximum Gasteiger partial charge on any atom is 0.357 e. The zero-order valence-electron chi connectivity index (χ0n) is 23.8. The lowest BCUT2D eigenvalue weighted by Crippen LogP contribution is -2.42. The molecule has 0 fully saturated rings. The lowest BCUT2D eigenvalue weighted by atomic mass is 10.0. The normalized spacial score (nSPS) is 15.5. The van der Waals surface area contributed by atoms with Crippen LogP contribution in [-0.4, -0.2) is 35.6 Å². The van der Waals surface area contributed by atoms with Crippen LogP contribution in [0.4, 0.5) is 5.69 Å². The van der Waals surface area contributed by atoms with Gasteiger partial charge in [0.2, 0.25) is 5.91 Å². The van der Waals surface area contributed by atoms with Crippen molar-refractivity contribution in [2.45, 2.75) is 58.6 Å². The molecule has 2 N–H and O–H groups in total. The highest BCUT2D eigenvalue weighted by molar-refractivity contribution is 8.10. The van der Waals surface area contributed by atoms with Crippen LogP contribution in [0.25, 0.3) is 11.0 Å². The fourth-order valence-electron chi connectivity index (χ4n) is 4.69. The maximum absolute atomic E-state index is 14.1. The molecule has 0 unspecified atom stereocenters. The summed E-state index contributed by atoms with van der Waals surface area (Å²) in [4.78, 5) is 40.9. The van der Waals surface area contributed by atoms with Gasteiger partial charge in [0.25, 0.3) is 0 Å². The van der Waals surface area contributed by atoms with Crippen molar-refractivity contribution in [1.82, 2.24) is 4.57 Å². The molecule has 0 saturated heterocycles. The van der Waals surface area contributed by atoms with Crippen LogP contribution < -0.4 is 16.3 Å². The molecular weight excluding hydrogens is 524 g/mol. The summed E-state index contributed by atoms with van der Waals surface area (Å²) in [5, 5.41) is -0.138. The van der Waals surface area contributed by atoms with Crippen LogP contribution in [0.15, 0.2) is 48.5 Å². The van der Waals surface area contributed by atoms with E-state index in [1.807, 2.05) is 48.5 Å². The fraction of sp³-hybridized carbons (Fsp3) is 0.344. The molecule has 2 heterocycles. The third-order valence-electron chi connectivity index (χ3n) is 6.89. The van der Waals surface area contributed by atoms with Gasteiger partial charge in [-0.3, -0.25) is 9.36 Å². The van der Waals surface area contributed by atoms with Gasteiger partial charge >= 0.3 is 11.9 Å². The molecule has 40 heavy (non-hydrogen) atoms. The van der Waals surface area contributed by atoms with E-state index >= 15 is 0 Å². The average molecular weight is 561 g/mol. The number of carbonyl (C=O) groups excluding carboxylic acids is 3. The van der Waals surface area contributed by atoms with Crippen molar-refractivity contribution in [3.8, 4) is 0 Å². The Morgan fingerprint density at radius 3 is 1.95 bits per heavy atom. The molecule has 0 bridgehead atoms. The van der Waals surface area contributed by atoms with Gasteiger partial charge in [-0.25, -0.2) is 9.59 Å². The van der Waals surface area contributed by atoms with Gasteiger partial charge < -0.3 is 15.2 Å². The Balaban J connectivity index is 2.02. The van der Waals surface area contributed by atoms with Gasteiger partial charge in [-0.1, -0.05) is 88.0 Å². The van der Waals surface area contributed by atoms with Crippen molar-refractivity contribution in [1.29, 1.82) is 0 Å². The maximum atomic E-state index is 14.1. The second kappa shape index (κ2) is 12.2. The van der Waals surface area contributed by atoms with Gasteiger partial charge in [0, 0.05) is 5.22 Å². The van der Waals surface area contributed by atoms with Gasteiger partial charge in [-0.05, 0) is 54.0 Å². The molecule has 0 amide bonds. The van der Waals surface area contributed by atoms with Gasteiger partial charge in [0.15, 0.2) is 5.69 Å². The average Bonchev–Trinajstić information content (AvgIpc) is 3.21. The summed E-state index contributed by atoms with van der Waals surface area (Å²) in [6.07, 6.45) is 1.79. The summed E-state index contributed by atoms with van der Waals surface area (Å²) in [5.74, 6) is -1.00. The number of ether oxygens (including phenoxy) is 2. The third kappa shape index (κ3) is 5.59. The third-order valence-corrected chi connectivity index (χ3v) is 8.20. The molecule has 0 spiro atoms. The molecule has 7 nitrogen and oxygen atoms in total. The topological polar surface area (TPSA) is 101 Å². The molecule has 1 aliphatic rings. The summed E-state index contributed by atoms with van der Waals surface area (Å²) in [5.41, 5.74) is 10.4. The van der Waals surface area contributed by atoms with Gasteiger partial charge in [-0.2, -0.15) is 0 Å². The number of nitrogens with zero attached hydrogens (tertiary/aromatic N) is 1. The highest BCUT2D eigenvalue weighted by atomic mass is 32.2. The van der Waals surface area contributed by atoms with Crippen molar-refractivity contribution in [2.75, 3.05) is 18.9 Å². The molecule has 2 aromatic carbocycles. The summed E-state index contributed by atoms with van der Waals surface area (Å²) in [6, 6.07) is 15.7. The van der Waals surface area contributed by atoms with E-state index in [-0.39, 0.29) is 40.8 Å². The second-order valence-electron chi connectivity index (χ2n) is 10.3. The van der Waals surface area contributed by atoms with E-state index in [0.29, 0.717) is 22.6 Å². The van der Waals surface area contributed by atoms with E-state index in [1.54, 1.807) is 19.9 Å². The Morgan fingerprint density at radius 1 is 0.900 bits per heavy atom. The van der Waals surface area contributed by atoms with Crippen LogP contribution in [0.1, 0.15) is 96.2 Å². The molecule has 1 aromatic heterocycles. The van der Waals surface area contributed by atoms with Crippen LogP contribution in [0.3, 0.4) is 0 Å². The molecule has 4 rings (SSSR count). The lowest BCUT2D eigenvalue weighted by molar-refractivity contribution is -0.135. The van der Waals surface area contributed by atoms with Crippen LogP contribution >= 0.6 is 11.8 Å². The quantitative estimate of drug-likeness (QED) is 0.382. The largest absolute Gasteiger partial charge is 0.462 e. The SMILES string of the molecule is CCOC(=O)C1=c2/c(=C/c3ccc(C(C)C)cc3)c(N)c(C(=O)OCC)n2C(=O)[C@@H](c2ccc(C(C)C)cc2)S1. The van der Waals surface area contributed by atoms with Crippen LogP contribution in [-0.2, 0) is 14.3 Å². The number of nitrogens with two attached hydrogens (primary N) is 1. The van der Waals surface area contributed by atoms with E-state index < -0.39 is 17.2 Å². The molecule has 0 aliphatic carbocycles. The second-order valence-corrected chi connectivity index (χ2v) is 11.4. The number of rotatable bonds is 8. The van der Waals surface area contributed by atoms with Gasteiger partial charge in [0.05, 0.1) is 24.3 Å². The Morgan fingerprint density at radius 2 is 1.43 bits per heavy atom. The number of aromatic nitrogens is 1. The van der Waals surface area contributed by atoms with E-state index in [4.69, 9.17) is 15.2 Å². The first-order valence-corrected chi connectivity index (χ1v) is 14.5. The Labute approximate surface area is 239 Å². The van der Waals surface area contributed by atoms with Crippen molar-refractivity contribution >= 4 is 46.3 Å². The first kappa shape index (κ1) is 29.2. The zero-order valence-corrected chi connectivity index (χ0v) is 24.6. The molecule has 3 aromatic rings. The number of nitrogen functional groups attached to an aromatic ring is 1. The van der Waals surface area contributed by atoms with E-state index in [9.17, 15) is 14.4 Å². The molecule has 0 saturated carbocycles. The number of esters is 2. The number of hydrogen-bond donors (Lipinski definition) is 1. The van der Waals surface area contributed by atoms with Crippen LogP contribution in [0, 0.1) is 0 Å². The Hall–Kier alpha value is -3.78. The molecule has 210 valence electrons. The smallest absolute Gasteiger partial charge is 0.357 e. The summed E-state index contributed by atoms with van der Waals surface area (Å²) >= 11 is 1.12. The molecule has 1 aliphatic heterocycles. The number of benzene rings is 2. The predicted molar refractivity (Wildman–Crippen MR) is 160 cm³/mol. The fourth-order valence-corrected chi connectivity index (χ4v) is 5.89. The van der Waals surface area contributed by atoms with Gasteiger partial charge in [0.1, 0.15) is 10.2 Å². The monoisotopic (exact) mass is 560 g/mol. The minimum absolute atomic E-state index is 0.0768. The molecule has 1 atom stereocenters. The highest BCUT2D eigenvalue weighted by Crippen LogP contribution is 2.40. The van der Waals surface area contributed by atoms with Crippen molar-refractivity contribution in [2.24, 2.45) is 0 Å². The minimum Gasteiger partial charge on any atom is -0.462 e. The number of fused-ring (bicyclic) bond motifs is 1. The zero-order chi connectivity index (χ0) is 29.1. The van der Waals surface area contributed by atoms with Crippen LogP contribution in [0.2, 0.25) is 0 Å². The number of thioether (sulfide) groups is 1. The Bertz CT molecular complexity index is 1550. The first-order chi connectivity index (χ1) is 19.1. The first-order valence-electron chi connectivity index (χ1n) is 13.6. The van der Waals surface area contributed by atoms with Crippen molar-refractivity contribution in [3.63, 3.8) is 0 Å². The summed E-state index contributed by atoms with van der Waals surface area (Å²) in [7, 11) is 0. The predicted octanol–water partition coefficient (Wildman–Crippen LogP) is 5.12. The van der Waals surface area contributed by atoms with Gasteiger partial charge in [-0.15, -0.1) is 0 Å². The highest BCUT2D eigenvalue weighted by Gasteiger charge is 2.38. The standard InChI is InChI=1S/C32H36N2O5S/c1-7-38-31(36)27-25(33)24(17-20-9-11-21(12-10-20)18(3)4)26-29(32(37)39-8-2)40-28(30(35)34(26)27)23-15-13-22(14-16-23)19(5)6/h9-19,28H,7-8,33H2,1-6H3/b24-17+/t28-/m1/s1. The lowest BCUT2D eigenvalue weighted by Gasteiger charge is -2.24. The van der Waals surface area contributed by atoms with Crippen LogP contribution in [0.5, 0.6) is 0 Å². The minimum atomic E-state index is -0.786. The van der Waals surface area contributed by atoms with E-state index in [2.05, 4.69) is 27.7 Å². The Kier molecular flexibility index (Phi) is 8.88. The summed E-state index contributed by atoms with van der Waals surface area (Å²) < 4.78 is 12.0. The number of hydrogen-bond acceptors (Lipinski definition) is 7. The van der Waals surface area contributed by atoms with E-state index in [0.717, 1.165) is 22.9 Å². The number of anilines is 1.